The molecule has 2 heterocycles. The Balaban J connectivity index is 1.91. The predicted octanol–water partition coefficient (Wildman–Crippen LogP) is 1.20. The first-order valence-electron chi connectivity index (χ1n) is 6.91. The first-order valence-corrected chi connectivity index (χ1v) is 6.91. The highest BCUT2D eigenvalue weighted by Gasteiger charge is 2.23. The molecule has 1 unspecified atom stereocenters. The van der Waals surface area contributed by atoms with Gasteiger partial charge in [0.1, 0.15) is 11.6 Å². The van der Waals surface area contributed by atoms with E-state index in [9.17, 15) is 5.11 Å². The lowest BCUT2D eigenvalue weighted by Gasteiger charge is -2.32. The molecular weight excluding hydrogens is 228 g/mol. The molecule has 0 aliphatic carbocycles. The molecule has 102 valence electrons. The van der Waals surface area contributed by atoms with Crippen LogP contribution in [0.4, 0.5) is 0 Å². The molecule has 1 aromatic rings. The van der Waals surface area contributed by atoms with Crippen LogP contribution in [0.1, 0.15) is 38.3 Å². The minimum Gasteiger partial charge on any atom is -0.393 e. The number of hydrogen-bond donors (Lipinski definition) is 1. The highest BCUT2D eigenvalue weighted by Crippen LogP contribution is 2.21. The summed E-state index contributed by atoms with van der Waals surface area (Å²) in [5.74, 6) is 2.52. The molecule has 5 heteroatoms. The fourth-order valence-corrected chi connectivity index (χ4v) is 2.75. The normalized spacial score (nSPS) is 20.2. The molecule has 5 nitrogen and oxygen atoms in total. The number of aliphatic hydroxyl groups excluding tert-OH is 1. The molecule has 1 aromatic heterocycles. The topological polar surface area (TPSA) is 54.2 Å². The SMILES string of the molecule is CCn1c(C)nnc1CN1CCC(C(C)O)CC1. The number of rotatable bonds is 4. The second-order valence-electron chi connectivity index (χ2n) is 5.26. The summed E-state index contributed by atoms with van der Waals surface area (Å²) < 4.78 is 2.17. The van der Waals surface area contributed by atoms with Crippen molar-refractivity contribution in [3.63, 3.8) is 0 Å². The maximum Gasteiger partial charge on any atom is 0.147 e. The lowest BCUT2D eigenvalue weighted by Crippen LogP contribution is -2.37. The van der Waals surface area contributed by atoms with Crippen molar-refractivity contribution < 1.29 is 5.11 Å². The molecular formula is C13H24N4O. The molecule has 1 saturated heterocycles. The van der Waals surface area contributed by atoms with Crippen molar-refractivity contribution in [1.29, 1.82) is 0 Å². The summed E-state index contributed by atoms with van der Waals surface area (Å²) in [5, 5.41) is 18.0. The zero-order valence-corrected chi connectivity index (χ0v) is 11.6. The Labute approximate surface area is 109 Å². The number of piperidine rings is 1. The molecule has 0 saturated carbocycles. The number of hydrogen-bond acceptors (Lipinski definition) is 4. The molecule has 0 bridgehead atoms. The molecule has 1 N–H and O–H groups in total. The Kier molecular flexibility index (Phi) is 4.35. The van der Waals surface area contributed by atoms with Crippen LogP contribution in [0.2, 0.25) is 0 Å². The summed E-state index contributed by atoms with van der Waals surface area (Å²) in [6.45, 7) is 9.92. The van der Waals surface area contributed by atoms with Crippen molar-refractivity contribution in [2.75, 3.05) is 13.1 Å². The maximum absolute atomic E-state index is 9.59. The van der Waals surface area contributed by atoms with Crippen molar-refractivity contribution >= 4 is 0 Å². The van der Waals surface area contributed by atoms with Crippen molar-refractivity contribution in [3.8, 4) is 0 Å². The summed E-state index contributed by atoms with van der Waals surface area (Å²) >= 11 is 0. The van der Waals surface area contributed by atoms with Gasteiger partial charge in [-0.15, -0.1) is 10.2 Å². The quantitative estimate of drug-likeness (QED) is 0.875. The van der Waals surface area contributed by atoms with Crippen LogP contribution in [-0.2, 0) is 13.1 Å². The highest BCUT2D eigenvalue weighted by molar-refractivity contribution is 4.94. The summed E-state index contributed by atoms with van der Waals surface area (Å²) in [6.07, 6.45) is 1.99. The third kappa shape index (κ3) is 2.90. The Morgan fingerprint density at radius 3 is 2.56 bits per heavy atom. The Morgan fingerprint density at radius 2 is 2.00 bits per heavy atom. The zero-order valence-electron chi connectivity index (χ0n) is 11.6. The number of aliphatic hydroxyl groups is 1. The van der Waals surface area contributed by atoms with Gasteiger partial charge in [-0.1, -0.05) is 0 Å². The first-order chi connectivity index (χ1) is 8.61. The first kappa shape index (κ1) is 13.5. The van der Waals surface area contributed by atoms with Crippen LogP contribution in [0, 0.1) is 12.8 Å². The average Bonchev–Trinajstić information content (AvgIpc) is 2.70. The van der Waals surface area contributed by atoms with Crippen molar-refractivity contribution in [2.24, 2.45) is 5.92 Å². The summed E-state index contributed by atoms with van der Waals surface area (Å²) in [6, 6.07) is 0. The van der Waals surface area contributed by atoms with Crippen LogP contribution in [0.15, 0.2) is 0 Å². The van der Waals surface area contributed by atoms with E-state index in [1.54, 1.807) is 0 Å². The number of nitrogens with zero attached hydrogens (tertiary/aromatic N) is 4. The van der Waals surface area contributed by atoms with Gasteiger partial charge in [-0.25, -0.2) is 0 Å². The second-order valence-corrected chi connectivity index (χ2v) is 5.26. The van der Waals surface area contributed by atoms with Gasteiger partial charge < -0.3 is 9.67 Å². The molecule has 0 spiro atoms. The van der Waals surface area contributed by atoms with Gasteiger partial charge in [0.05, 0.1) is 12.6 Å². The number of aromatic nitrogens is 3. The fraction of sp³-hybridized carbons (Fsp3) is 0.846. The van der Waals surface area contributed by atoms with Gasteiger partial charge in [0.15, 0.2) is 0 Å². The van der Waals surface area contributed by atoms with Crippen LogP contribution in [0.25, 0.3) is 0 Å². The predicted molar refractivity (Wildman–Crippen MR) is 70.1 cm³/mol. The standard InChI is InChI=1S/C13H24N4O/c1-4-17-11(3)14-15-13(17)9-16-7-5-12(6-8-16)10(2)18/h10,12,18H,4-9H2,1-3H3. The van der Waals surface area contributed by atoms with Gasteiger partial charge in [-0.3, -0.25) is 4.90 Å². The molecule has 2 rings (SSSR count). The van der Waals surface area contributed by atoms with E-state index >= 15 is 0 Å². The van der Waals surface area contributed by atoms with Crippen LogP contribution in [0.3, 0.4) is 0 Å². The lowest BCUT2D eigenvalue weighted by atomic mass is 9.92. The van der Waals surface area contributed by atoms with Gasteiger partial charge in [-0.2, -0.15) is 0 Å². The van der Waals surface area contributed by atoms with E-state index in [-0.39, 0.29) is 6.10 Å². The van der Waals surface area contributed by atoms with E-state index in [0.717, 1.165) is 50.7 Å². The lowest BCUT2D eigenvalue weighted by molar-refractivity contribution is 0.0683. The van der Waals surface area contributed by atoms with E-state index in [4.69, 9.17) is 0 Å². The van der Waals surface area contributed by atoms with E-state index < -0.39 is 0 Å². The van der Waals surface area contributed by atoms with Crippen molar-refractivity contribution in [3.05, 3.63) is 11.6 Å². The van der Waals surface area contributed by atoms with Crippen LogP contribution < -0.4 is 0 Å². The van der Waals surface area contributed by atoms with Gasteiger partial charge in [0, 0.05) is 6.54 Å². The Hall–Kier alpha value is -0.940. The van der Waals surface area contributed by atoms with E-state index in [1.165, 1.54) is 0 Å². The third-order valence-electron chi connectivity index (χ3n) is 4.01. The Morgan fingerprint density at radius 1 is 1.33 bits per heavy atom. The summed E-state index contributed by atoms with van der Waals surface area (Å²) in [4.78, 5) is 2.41. The van der Waals surface area contributed by atoms with Gasteiger partial charge in [-0.05, 0) is 52.6 Å². The fourth-order valence-electron chi connectivity index (χ4n) is 2.75. The minimum atomic E-state index is -0.173. The number of likely N-dealkylation sites (tertiary alicyclic amines) is 1. The molecule has 0 radical (unpaired) electrons. The molecule has 1 aliphatic rings. The molecule has 0 amide bonds. The van der Waals surface area contributed by atoms with Crippen molar-refractivity contribution in [1.82, 2.24) is 19.7 Å². The largest absolute Gasteiger partial charge is 0.393 e. The van der Waals surface area contributed by atoms with Crippen LogP contribution in [0.5, 0.6) is 0 Å². The van der Waals surface area contributed by atoms with Gasteiger partial charge in [0.25, 0.3) is 0 Å². The summed E-state index contributed by atoms with van der Waals surface area (Å²) in [5.41, 5.74) is 0. The molecule has 1 fully saturated rings. The molecule has 18 heavy (non-hydrogen) atoms. The maximum atomic E-state index is 9.59. The molecule has 1 aliphatic heterocycles. The number of aryl methyl sites for hydroxylation is 1. The third-order valence-corrected chi connectivity index (χ3v) is 4.01. The van der Waals surface area contributed by atoms with E-state index in [0.29, 0.717) is 5.92 Å². The second kappa shape index (κ2) is 5.80. The van der Waals surface area contributed by atoms with Crippen molar-refractivity contribution in [2.45, 2.75) is 52.8 Å². The smallest absolute Gasteiger partial charge is 0.147 e. The minimum absolute atomic E-state index is 0.173. The highest BCUT2D eigenvalue weighted by atomic mass is 16.3. The van der Waals surface area contributed by atoms with Crippen LogP contribution in [-0.4, -0.2) is 44.0 Å². The van der Waals surface area contributed by atoms with E-state index in [1.807, 2.05) is 13.8 Å². The van der Waals surface area contributed by atoms with Gasteiger partial charge in [0.2, 0.25) is 0 Å². The summed E-state index contributed by atoms with van der Waals surface area (Å²) in [7, 11) is 0. The van der Waals surface area contributed by atoms with Crippen LogP contribution >= 0.6 is 0 Å². The zero-order chi connectivity index (χ0) is 13.1. The van der Waals surface area contributed by atoms with E-state index in [2.05, 4.69) is 26.6 Å². The van der Waals surface area contributed by atoms with Gasteiger partial charge >= 0.3 is 0 Å². The Bertz CT molecular complexity index is 380. The monoisotopic (exact) mass is 252 g/mol. The average molecular weight is 252 g/mol. The molecule has 0 aromatic carbocycles. The molecule has 1 atom stereocenters.